The SMILES string of the molecule is Cc1cccc(Nc2ccc(NS(=O)(=O)c3ccccc3)nn2)c1. The Balaban J connectivity index is 1.73. The van der Waals surface area contributed by atoms with Crippen molar-refractivity contribution in [2.24, 2.45) is 0 Å². The normalized spacial score (nSPS) is 11.0. The molecule has 0 saturated heterocycles. The van der Waals surface area contributed by atoms with Gasteiger partial charge in [-0.1, -0.05) is 30.3 Å². The van der Waals surface area contributed by atoms with E-state index in [0.29, 0.717) is 5.82 Å². The minimum Gasteiger partial charge on any atom is -0.339 e. The van der Waals surface area contributed by atoms with Crippen LogP contribution in [-0.4, -0.2) is 18.6 Å². The summed E-state index contributed by atoms with van der Waals surface area (Å²) in [4.78, 5) is 0.175. The van der Waals surface area contributed by atoms with E-state index in [9.17, 15) is 8.42 Å². The molecule has 1 heterocycles. The third kappa shape index (κ3) is 3.88. The van der Waals surface area contributed by atoms with Crippen molar-refractivity contribution in [3.8, 4) is 0 Å². The van der Waals surface area contributed by atoms with Crippen LogP contribution in [0.25, 0.3) is 0 Å². The summed E-state index contributed by atoms with van der Waals surface area (Å²) in [6.07, 6.45) is 0. The molecular formula is C17H16N4O2S. The molecule has 2 aromatic carbocycles. The Morgan fingerprint density at radius 3 is 2.21 bits per heavy atom. The number of hydrogen-bond acceptors (Lipinski definition) is 5. The van der Waals surface area contributed by atoms with Gasteiger partial charge >= 0.3 is 0 Å². The van der Waals surface area contributed by atoms with Gasteiger partial charge in [-0.25, -0.2) is 8.42 Å². The molecule has 0 fully saturated rings. The lowest BCUT2D eigenvalue weighted by Crippen LogP contribution is -2.14. The van der Waals surface area contributed by atoms with E-state index < -0.39 is 10.0 Å². The van der Waals surface area contributed by atoms with Gasteiger partial charge in [0, 0.05) is 5.69 Å². The zero-order valence-corrected chi connectivity index (χ0v) is 13.8. The summed E-state index contributed by atoms with van der Waals surface area (Å²) in [5, 5.41) is 11.0. The Hall–Kier alpha value is -2.93. The highest BCUT2D eigenvalue weighted by Crippen LogP contribution is 2.17. The minimum atomic E-state index is -3.66. The van der Waals surface area contributed by atoms with E-state index in [1.54, 1.807) is 30.3 Å². The number of hydrogen-bond donors (Lipinski definition) is 2. The second-order valence-corrected chi connectivity index (χ2v) is 6.90. The molecule has 0 aliphatic heterocycles. The van der Waals surface area contributed by atoms with Crippen LogP contribution in [0.2, 0.25) is 0 Å². The van der Waals surface area contributed by atoms with E-state index >= 15 is 0 Å². The molecule has 0 unspecified atom stereocenters. The predicted octanol–water partition coefficient (Wildman–Crippen LogP) is 3.33. The van der Waals surface area contributed by atoms with Crippen LogP contribution in [0.5, 0.6) is 0 Å². The van der Waals surface area contributed by atoms with Gasteiger partial charge in [0.05, 0.1) is 4.90 Å². The zero-order valence-electron chi connectivity index (χ0n) is 13.0. The summed E-state index contributed by atoms with van der Waals surface area (Å²) >= 11 is 0. The van der Waals surface area contributed by atoms with Crippen LogP contribution in [0.1, 0.15) is 5.56 Å². The van der Waals surface area contributed by atoms with Crippen molar-refractivity contribution in [2.45, 2.75) is 11.8 Å². The van der Waals surface area contributed by atoms with Gasteiger partial charge in [-0.15, -0.1) is 10.2 Å². The number of nitrogens with one attached hydrogen (secondary N) is 2. The van der Waals surface area contributed by atoms with Gasteiger partial charge in [-0.05, 0) is 48.9 Å². The van der Waals surface area contributed by atoms with Crippen molar-refractivity contribution >= 4 is 27.3 Å². The van der Waals surface area contributed by atoms with E-state index in [-0.39, 0.29) is 10.7 Å². The van der Waals surface area contributed by atoms with Gasteiger partial charge in [-0.2, -0.15) is 0 Å². The fourth-order valence-electron chi connectivity index (χ4n) is 2.12. The van der Waals surface area contributed by atoms with Crippen molar-refractivity contribution in [3.05, 3.63) is 72.3 Å². The van der Waals surface area contributed by atoms with E-state index in [4.69, 9.17) is 0 Å². The molecule has 7 heteroatoms. The highest BCUT2D eigenvalue weighted by molar-refractivity contribution is 7.92. The van der Waals surface area contributed by atoms with Crippen LogP contribution in [0.3, 0.4) is 0 Å². The third-order valence-electron chi connectivity index (χ3n) is 3.25. The Morgan fingerprint density at radius 2 is 1.54 bits per heavy atom. The van der Waals surface area contributed by atoms with Gasteiger partial charge in [-0.3, -0.25) is 4.72 Å². The van der Waals surface area contributed by atoms with Crippen molar-refractivity contribution in [1.82, 2.24) is 10.2 Å². The van der Waals surface area contributed by atoms with Gasteiger partial charge in [0.25, 0.3) is 10.0 Å². The number of aryl methyl sites for hydroxylation is 1. The maximum absolute atomic E-state index is 12.2. The lowest BCUT2D eigenvalue weighted by Gasteiger charge is -2.08. The van der Waals surface area contributed by atoms with Gasteiger partial charge in [0.15, 0.2) is 11.6 Å². The maximum atomic E-state index is 12.2. The second-order valence-electron chi connectivity index (χ2n) is 5.22. The molecule has 122 valence electrons. The Labute approximate surface area is 140 Å². The molecule has 0 spiro atoms. The lowest BCUT2D eigenvalue weighted by molar-refractivity contribution is 0.601. The molecule has 0 radical (unpaired) electrons. The summed E-state index contributed by atoms with van der Waals surface area (Å²) in [5.41, 5.74) is 2.02. The van der Waals surface area contributed by atoms with Crippen LogP contribution < -0.4 is 10.0 Å². The van der Waals surface area contributed by atoms with Crippen molar-refractivity contribution < 1.29 is 8.42 Å². The van der Waals surface area contributed by atoms with Gasteiger partial charge in [0.1, 0.15) is 0 Å². The Bertz CT molecular complexity index is 926. The first-order valence-electron chi connectivity index (χ1n) is 7.28. The first-order chi connectivity index (χ1) is 11.5. The summed E-state index contributed by atoms with van der Waals surface area (Å²) in [7, 11) is -3.66. The molecule has 0 amide bonds. The summed E-state index contributed by atoms with van der Waals surface area (Å²) in [6.45, 7) is 2.00. The summed E-state index contributed by atoms with van der Waals surface area (Å²) in [6, 6.07) is 19.2. The monoisotopic (exact) mass is 340 g/mol. The van der Waals surface area contributed by atoms with Crippen LogP contribution in [0.4, 0.5) is 17.3 Å². The van der Waals surface area contributed by atoms with Crippen molar-refractivity contribution in [2.75, 3.05) is 10.0 Å². The minimum absolute atomic E-state index is 0.161. The first-order valence-corrected chi connectivity index (χ1v) is 8.76. The number of aromatic nitrogens is 2. The molecular weight excluding hydrogens is 324 g/mol. The molecule has 1 aromatic heterocycles. The summed E-state index contributed by atoms with van der Waals surface area (Å²) in [5.74, 6) is 0.692. The highest BCUT2D eigenvalue weighted by Gasteiger charge is 2.14. The molecule has 0 saturated carbocycles. The molecule has 0 bridgehead atoms. The molecule has 2 N–H and O–H groups in total. The zero-order chi connectivity index (χ0) is 17.0. The number of rotatable bonds is 5. The molecule has 24 heavy (non-hydrogen) atoms. The quantitative estimate of drug-likeness (QED) is 0.744. The second kappa shape index (κ2) is 6.67. The van der Waals surface area contributed by atoms with Crippen LogP contribution in [0.15, 0.2) is 71.6 Å². The number of nitrogens with zero attached hydrogens (tertiary/aromatic N) is 2. The van der Waals surface area contributed by atoms with E-state index in [2.05, 4.69) is 20.2 Å². The largest absolute Gasteiger partial charge is 0.339 e. The lowest BCUT2D eigenvalue weighted by atomic mass is 10.2. The fraction of sp³-hybridized carbons (Fsp3) is 0.0588. The van der Waals surface area contributed by atoms with Crippen molar-refractivity contribution in [3.63, 3.8) is 0 Å². The molecule has 0 aliphatic rings. The number of anilines is 3. The fourth-order valence-corrected chi connectivity index (χ4v) is 3.14. The Morgan fingerprint density at radius 1 is 0.833 bits per heavy atom. The average Bonchev–Trinajstić information content (AvgIpc) is 2.57. The van der Waals surface area contributed by atoms with E-state index in [1.165, 1.54) is 12.1 Å². The third-order valence-corrected chi connectivity index (χ3v) is 4.62. The van der Waals surface area contributed by atoms with Crippen molar-refractivity contribution in [1.29, 1.82) is 0 Å². The molecule has 0 atom stereocenters. The van der Waals surface area contributed by atoms with Crippen LogP contribution >= 0.6 is 0 Å². The number of benzene rings is 2. The Kier molecular flexibility index (Phi) is 4.43. The van der Waals surface area contributed by atoms with E-state index in [0.717, 1.165) is 11.3 Å². The summed E-state index contributed by atoms with van der Waals surface area (Å²) < 4.78 is 26.8. The highest BCUT2D eigenvalue weighted by atomic mass is 32.2. The topological polar surface area (TPSA) is 84.0 Å². The van der Waals surface area contributed by atoms with Gasteiger partial charge < -0.3 is 5.32 Å². The average molecular weight is 340 g/mol. The smallest absolute Gasteiger partial charge is 0.263 e. The molecule has 6 nitrogen and oxygen atoms in total. The standard InChI is InChI=1S/C17H16N4O2S/c1-13-6-5-7-14(12-13)18-16-10-11-17(20-19-16)21-24(22,23)15-8-3-2-4-9-15/h2-12H,1H3,(H,18,19)(H,20,21). The predicted molar refractivity (Wildman–Crippen MR) is 93.7 cm³/mol. The first kappa shape index (κ1) is 15.9. The molecule has 0 aliphatic carbocycles. The van der Waals surface area contributed by atoms with E-state index in [1.807, 2.05) is 31.2 Å². The maximum Gasteiger partial charge on any atom is 0.263 e. The molecule has 3 rings (SSSR count). The molecule has 3 aromatic rings. The number of sulfonamides is 1. The van der Waals surface area contributed by atoms with Crippen LogP contribution in [0, 0.1) is 6.92 Å². The van der Waals surface area contributed by atoms with Gasteiger partial charge in [0.2, 0.25) is 0 Å². The van der Waals surface area contributed by atoms with Crippen LogP contribution in [-0.2, 0) is 10.0 Å².